The number of fused-ring (bicyclic) bond motifs is 1. The molecule has 0 spiro atoms. The van der Waals surface area contributed by atoms with Crippen molar-refractivity contribution in [3.63, 3.8) is 0 Å². The van der Waals surface area contributed by atoms with Gasteiger partial charge in [-0.1, -0.05) is 63.9 Å². The minimum atomic E-state index is -0.642. The molecule has 0 radical (unpaired) electrons. The monoisotopic (exact) mass is 408 g/mol. The van der Waals surface area contributed by atoms with E-state index in [-0.39, 0.29) is 18.4 Å². The molecule has 30 heavy (non-hydrogen) atoms. The third-order valence-electron chi connectivity index (χ3n) is 5.98. The van der Waals surface area contributed by atoms with E-state index >= 15 is 0 Å². The van der Waals surface area contributed by atoms with Gasteiger partial charge in [0.15, 0.2) is 16.9 Å². The van der Waals surface area contributed by atoms with E-state index in [0.717, 1.165) is 35.8 Å². The fourth-order valence-corrected chi connectivity index (χ4v) is 4.09. The van der Waals surface area contributed by atoms with Crippen molar-refractivity contribution in [1.29, 1.82) is 0 Å². The average molecular weight is 409 g/mol. The van der Waals surface area contributed by atoms with E-state index in [0.29, 0.717) is 17.7 Å². The maximum Gasteiger partial charge on any atom is 0.333 e. The molecule has 0 saturated heterocycles. The molecule has 0 amide bonds. The zero-order chi connectivity index (χ0) is 21.5. The summed E-state index contributed by atoms with van der Waals surface area (Å²) in [5.41, 5.74) is 0.173. The molecular formula is C23H28N4O3. The second kappa shape index (κ2) is 7.70. The van der Waals surface area contributed by atoms with Crippen LogP contribution < -0.4 is 11.2 Å². The van der Waals surface area contributed by atoms with Crippen molar-refractivity contribution in [2.45, 2.75) is 65.6 Å². The minimum Gasteiger partial charge on any atom is -0.322 e. The van der Waals surface area contributed by atoms with Crippen LogP contribution in [0.25, 0.3) is 11.2 Å². The lowest BCUT2D eigenvalue weighted by atomic mass is 9.91. The van der Waals surface area contributed by atoms with Gasteiger partial charge in [0.05, 0.1) is 19.4 Å². The fourth-order valence-electron chi connectivity index (χ4n) is 4.09. The van der Waals surface area contributed by atoms with Crippen molar-refractivity contribution >= 4 is 16.9 Å². The standard InChI is InChI=1S/C23H28N4O3/c1-23(2,3)18(28)14-26-21(29)19-20(24-15-27(19)17-11-7-8-12-17)25(22(26)30)13-16-9-5-4-6-10-16/h4-6,9-10,15,17H,7-8,11-14H2,1-3H3. The Morgan fingerprint density at radius 2 is 1.73 bits per heavy atom. The van der Waals surface area contributed by atoms with Gasteiger partial charge in [0.25, 0.3) is 5.56 Å². The van der Waals surface area contributed by atoms with E-state index in [4.69, 9.17) is 0 Å². The lowest BCUT2D eigenvalue weighted by Crippen LogP contribution is -2.44. The number of Topliss-reactive ketones (excluding diaryl/α,β-unsaturated/α-hetero) is 1. The molecule has 1 aromatic carbocycles. The first kappa shape index (κ1) is 20.3. The molecule has 0 unspecified atom stereocenters. The highest BCUT2D eigenvalue weighted by atomic mass is 16.2. The Balaban J connectivity index is 1.93. The van der Waals surface area contributed by atoms with Crippen LogP contribution in [0.15, 0.2) is 46.2 Å². The van der Waals surface area contributed by atoms with Crippen LogP contribution in [-0.2, 0) is 17.9 Å². The molecule has 1 saturated carbocycles. The van der Waals surface area contributed by atoms with E-state index < -0.39 is 16.7 Å². The third-order valence-corrected chi connectivity index (χ3v) is 5.98. The van der Waals surface area contributed by atoms with Crippen LogP contribution in [0, 0.1) is 5.41 Å². The van der Waals surface area contributed by atoms with Crippen LogP contribution in [0.3, 0.4) is 0 Å². The van der Waals surface area contributed by atoms with Crippen molar-refractivity contribution in [3.05, 3.63) is 63.1 Å². The van der Waals surface area contributed by atoms with Gasteiger partial charge in [-0.25, -0.2) is 9.78 Å². The van der Waals surface area contributed by atoms with Gasteiger partial charge in [-0.3, -0.25) is 18.7 Å². The predicted molar refractivity (Wildman–Crippen MR) is 116 cm³/mol. The van der Waals surface area contributed by atoms with Crippen molar-refractivity contribution in [3.8, 4) is 0 Å². The number of aromatic nitrogens is 4. The Labute approximate surface area is 175 Å². The summed E-state index contributed by atoms with van der Waals surface area (Å²) in [5.74, 6) is -0.153. The van der Waals surface area contributed by atoms with Crippen molar-refractivity contribution in [1.82, 2.24) is 18.7 Å². The molecule has 0 aliphatic heterocycles. The summed E-state index contributed by atoms with van der Waals surface area (Å²) in [6.45, 7) is 5.45. The maximum absolute atomic E-state index is 13.4. The van der Waals surface area contributed by atoms with Gasteiger partial charge in [0, 0.05) is 11.5 Å². The molecule has 1 fully saturated rings. The van der Waals surface area contributed by atoms with Crippen LogP contribution in [0.5, 0.6) is 0 Å². The molecule has 158 valence electrons. The zero-order valence-corrected chi connectivity index (χ0v) is 17.8. The Hall–Kier alpha value is -2.96. The van der Waals surface area contributed by atoms with Crippen LogP contribution in [0.4, 0.5) is 0 Å². The first-order chi connectivity index (χ1) is 14.3. The summed E-state index contributed by atoms with van der Waals surface area (Å²) in [7, 11) is 0. The van der Waals surface area contributed by atoms with Crippen LogP contribution >= 0.6 is 0 Å². The number of nitrogens with zero attached hydrogens (tertiary/aromatic N) is 4. The largest absolute Gasteiger partial charge is 0.333 e. The Morgan fingerprint density at radius 3 is 2.37 bits per heavy atom. The van der Waals surface area contributed by atoms with Crippen molar-refractivity contribution in [2.24, 2.45) is 5.41 Å². The molecule has 0 bridgehead atoms. The van der Waals surface area contributed by atoms with Gasteiger partial charge in [0.1, 0.15) is 0 Å². The first-order valence-electron chi connectivity index (χ1n) is 10.5. The van der Waals surface area contributed by atoms with E-state index in [2.05, 4.69) is 4.98 Å². The normalized spacial score (nSPS) is 15.2. The van der Waals surface area contributed by atoms with E-state index in [9.17, 15) is 14.4 Å². The number of imidazole rings is 1. The number of hydrogen-bond acceptors (Lipinski definition) is 4. The van der Waals surface area contributed by atoms with Gasteiger partial charge in [-0.2, -0.15) is 0 Å². The number of carbonyl (C=O) groups excluding carboxylic acids is 1. The van der Waals surface area contributed by atoms with Gasteiger partial charge in [0.2, 0.25) is 0 Å². The SMILES string of the molecule is CC(C)(C)C(=O)Cn1c(=O)c2c(ncn2C2CCCC2)n(Cc2ccccc2)c1=O. The highest BCUT2D eigenvalue weighted by Crippen LogP contribution is 2.31. The molecule has 0 atom stereocenters. The zero-order valence-electron chi connectivity index (χ0n) is 17.8. The van der Waals surface area contributed by atoms with Crippen LogP contribution in [0.1, 0.15) is 58.1 Å². The molecule has 7 nitrogen and oxygen atoms in total. The molecule has 2 heterocycles. The summed E-state index contributed by atoms with van der Waals surface area (Å²) in [4.78, 5) is 43.9. The number of rotatable bonds is 5. The average Bonchev–Trinajstić information content (AvgIpc) is 3.38. The molecule has 0 N–H and O–H groups in total. The first-order valence-corrected chi connectivity index (χ1v) is 10.5. The molecule has 7 heteroatoms. The topological polar surface area (TPSA) is 78.9 Å². The van der Waals surface area contributed by atoms with Crippen molar-refractivity contribution < 1.29 is 4.79 Å². The summed E-state index contributed by atoms with van der Waals surface area (Å²) in [6.07, 6.45) is 5.89. The Morgan fingerprint density at radius 1 is 1.07 bits per heavy atom. The fraction of sp³-hybridized carbons (Fsp3) is 0.478. The minimum absolute atomic E-state index is 0.153. The number of carbonyl (C=O) groups is 1. The quantitative estimate of drug-likeness (QED) is 0.650. The summed E-state index contributed by atoms with van der Waals surface area (Å²) in [6, 6.07) is 9.81. The van der Waals surface area contributed by atoms with Crippen LogP contribution in [-0.4, -0.2) is 24.5 Å². The summed E-state index contributed by atoms with van der Waals surface area (Å²) < 4.78 is 4.53. The van der Waals surface area contributed by atoms with Gasteiger partial charge >= 0.3 is 5.69 Å². The van der Waals surface area contributed by atoms with E-state index in [1.165, 1.54) is 4.57 Å². The third kappa shape index (κ3) is 3.64. The number of ketones is 1. The number of benzene rings is 1. The molecule has 1 aliphatic carbocycles. The second-order valence-electron chi connectivity index (χ2n) is 9.18. The molecule has 3 aromatic rings. The smallest absolute Gasteiger partial charge is 0.322 e. The lowest BCUT2D eigenvalue weighted by molar-refractivity contribution is -0.127. The highest BCUT2D eigenvalue weighted by molar-refractivity contribution is 5.83. The van der Waals surface area contributed by atoms with Crippen LogP contribution in [0.2, 0.25) is 0 Å². The predicted octanol–water partition coefficient (Wildman–Crippen LogP) is 3.14. The molecule has 2 aromatic heterocycles. The van der Waals surface area contributed by atoms with Gasteiger partial charge < -0.3 is 4.57 Å². The second-order valence-corrected chi connectivity index (χ2v) is 9.18. The summed E-state index contributed by atoms with van der Waals surface area (Å²) >= 11 is 0. The Bertz CT molecular complexity index is 1190. The van der Waals surface area contributed by atoms with Gasteiger partial charge in [-0.15, -0.1) is 0 Å². The molecular weight excluding hydrogens is 380 g/mol. The van der Waals surface area contributed by atoms with Crippen molar-refractivity contribution in [2.75, 3.05) is 0 Å². The van der Waals surface area contributed by atoms with E-state index in [1.54, 1.807) is 27.1 Å². The van der Waals surface area contributed by atoms with E-state index in [1.807, 2.05) is 34.9 Å². The highest BCUT2D eigenvalue weighted by Gasteiger charge is 2.27. The Kier molecular flexibility index (Phi) is 5.22. The maximum atomic E-state index is 13.4. The lowest BCUT2D eigenvalue weighted by Gasteiger charge is -2.19. The van der Waals surface area contributed by atoms with Gasteiger partial charge in [-0.05, 0) is 18.4 Å². The number of hydrogen-bond donors (Lipinski definition) is 0. The summed E-state index contributed by atoms with van der Waals surface area (Å²) in [5, 5.41) is 0. The molecule has 1 aliphatic rings. The molecule has 4 rings (SSSR count).